The fraction of sp³-hybridized carbons (Fsp3) is 0.500. The zero-order valence-electron chi connectivity index (χ0n) is 21.1. The van der Waals surface area contributed by atoms with Crippen molar-refractivity contribution in [1.82, 2.24) is 10.2 Å². The highest BCUT2D eigenvalue weighted by molar-refractivity contribution is 6.31. The number of benzene rings is 2. The summed E-state index contributed by atoms with van der Waals surface area (Å²) in [6, 6.07) is 8.32. The molecule has 1 spiro atoms. The molecule has 1 heterocycles. The number of amides is 2. The number of nitrogens with one attached hydrogen (secondary N) is 1. The number of ether oxygens (including phenoxy) is 3. The number of hydrogen-bond donors (Lipinski definition) is 1. The second-order valence-corrected chi connectivity index (χ2v) is 10.7. The standard InChI is InChI=1S/C28H32ClFN2O5/c1-35-21-7-5-18(13-23(21)37-16-17-3-4-17)27(34)31-24-15-28(24)9-11-32(12-10-28)25(33)14-19-20(29)6-8-22(36-2)26(19)30/h5-8,13,17,24H,3-4,9-12,14-16H2,1-2H3,(H,31,34). The first-order chi connectivity index (χ1) is 17.8. The Morgan fingerprint density at radius 1 is 1.08 bits per heavy atom. The van der Waals surface area contributed by atoms with E-state index >= 15 is 0 Å². The Hall–Kier alpha value is -3.00. The Kier molecular flexibility index (Phi) is 7.21. The fourth-order valence-electron chi connectivity index (χ4n) is 5.13. The molecular weight excluding hydrogens is 499 g/mol. The molecule has 1 unspecified atom stereocenters. The maximum absolute atomic E-state index is 14.6. The van der Waals surface area contributed by atoms with Gasteiger partial charge in [0.2, 0.25) is 5.91 Å². The molecule has 1 saturated heterocycles. The van der Waals surface area contributed by atoms with Crippen molar-refractivity contribution in [1.29, 1.82) is 0 Å². The van der Waals surface area contributed by atoms with Crippen molar-refractivity contribution in [3.63, 3.8) is 0 Å². The van der Waals surface area contributed by atoms with Crippen molar-refractivity contribution in [3.8, 4) is 17.2 Å². The molecule has 5 rings (SSSR count). The van der Waals surface area contributed by atoms with Gasteiger partial charge in [0, 0.05) is 35.3 Å². The lowest BCUT2D eigenvalue weighted by molar-refractivity contribution is -0.132. The van der Waals surface area contributed by atoms with Crippen molar-refractivity contribution >= 4 is 23.4 Å². The molecule has 1 aliphatic heterocycles. The summed E-state index contributed by atoms with van der Waals surface area (Å²) >= 11 is 6.15. The van der Waals surface area contributed by atoms with Crippen LogP contribution in [0.1, 0.15) is 48.0 Å². The molecule has 2 aliphatic carbocycles. The van der Waals surface area contributed by atoms with Gasteiger partial charge in [-0.25, -0.2) is 4.39 Å². The Morgan fingerprint density at radius 3 is 2.46 bits per heavy atom. The molecule has 2 aromatic rings. The van der Waals surface area contributed by atoms with Gasteiger partial charge in [0.15, 0.2) is 23.1 Å². The largest absolute Gasteiger partial charge is 0.494 e. The summed E-state index contributed by atoms with van der Waals surface area (Å²) in [7, 11) is 2.97. The molecule has 0 radical (unpaired) electrons. The molecule has 198 valence electrons. The SMILES string of the molecule is COc1ccc(C(=O)NC2CC23CCN(C(=O)Cc2c(Cl)ccc(OC)c2F)CC3)cc1OCC1CC1. The summed E-state index contributed by atoms with van der Waals surface area (Å²) in [4.78, 5) is 27.6. The van der Waals surface area contributed by atoms with Gasteiger partial charge in [-0.2, -0.15) is 0 Å². The molecule has 0 bridgehead atoms. The first-order valence-corrected chi connectivity index (χ1v) is 13.1. The van der Waals surface area contributed by atoms with Crippen LogP contribution in [0.25, 0.3) is 0 Å². The highest BCUT2D eigenvalue weighted by atomic mass is 35.5. The van der Waals surface area contributed by atoms with Crippen molar-refractivity contribution in [2.24, 2.45) is 11.3 Å². The van der Waals surface area contributed by atoms with Crippen molar-refractivity contribution in [2.45, 2.75) is 44.6 Å². The predicted octanol–water partition coefficient (Wildman–Crippen LogP) is 4.64. The molecule has 0 aromatic heterocycles. The van der Waals surface area contributed by atoms with E-state index in [0.29, 0.717) is 42.7 Å². The highest BCUT2D eigenvalue weighted by Gasteiger charge is 2.56. The average Bonchev–Trinajstić information content (AvgIpc) is 3.84. The Bertz CT molecular complexity index is 1190. The van der Waals surface area contributed by atoms with Crippen LogP contribution >= 0.6 is 11.6 Å². The van der Waals surface area contributed by atoms with E-state index in [0.717, 1.165) is 19.3 Å². The lowest BCUT2D eigenvalue weighted by Crippen LogP contribution is -2.42. The quantitative estimate of drug-likeness (QED) is 0.511. The molecule has 2 aromatic carbocycles. The third-order valence-electron chi connectivity index (χ3n) is 7.90. The molecule has 37 heavy (non-hydrogen) atoms. The van der Waals surface area contributed by atoms with Gasteiger partial charge in [-0.15, -0.1) is 0 Å². The highest BCUT2D eigenvalue weighted by Crippen LogP contribution is 2.54. The minimum Gasteiger partial charge on any atom is -0.494 e. The Morgan fingerprint density at radius 2 is 1.78 bits per heavy atom. The van der Waals surface area contributed by atoms with Gasteiger partial charge in [0.05, 0.1) is 27.2 Å². The topological polar surface area (TPSA) is 77.1 Å². The first kappa shape index (κ1) is 25.6. The summed E-state index contributed by atoms with van der Waals surface area (Å²) in [5.41, 5.74) is 0.699. The van der Waals surface area contributed by atoms with Crippen molar-refractivity contribution in [3.05, 3.63) is 52.3 Å². The van der Waals surface area contributed by atoms with E-state index in [1.54, 1.807) is 36.3 Å². The number of likely N-dealkylation sites (tertiary alicyclic amines) is 1. The number of piperidine rings is 1. The summed E-state index contributed by atoms with van der Waals surface area (Å²) < 4.78 is 30.9. The van der Waals surface area contributed by atoms with E-state index in [1.807, 2.05) is 0 Å². The first-order valence-electron chi connectivity index (χ1n) is 12.7. The van der Waals surface area contributed by atoms with E-state index in [4.69, 9.17) is 25.8 Å². The number of nitrogens with zero attached hydrogens (tertiary/aromatic N) is 1. The third-order valence-corrected chi connectivity index (χ3v) is 8.26. The summed E-state index contributed by atoms with van der Waals surface area (Å²) in [6.07, 6.45) is 4.71. The monoisotopic (exact) mass is 530 g/mol. The maximum Gasteiger partial charge on any atom is 0.251 e. The Balaban J connectivity index is 1.15. The van der Waals surface area contributed by atoms with Crippen LogP contribution in [0.15, 0.2) is 30.3 Å². The zero-order valence-corrected chi connectivity index (χ0v) is 21.9. The number of hydrogen-bond acceptors (Lipinski definition) is 5. The van der Waals surface area contributed by atoms with Crippen LogP contribution in [-0.2, 0) is 11.2 Å². The van der Waals surface area contributed by atoms with Crippen molar-refractivity contribution in [2.75, 3.05) is 33.9 Å². The number of carbonyl (C=O) groups excluding carboxylic acids is 2. The number of methoxy groups -OCH3 is 2. The van der Waals surface area contributed by atoms with Crippen LogP contribution in [0.5, 0.6) is 17.2 Å². The summed E-state index contributed by atoms with van der Waals surface area (Å²) in [5.74, 6) is 0.975. The minimum atomic E-state index is -0.596. The van der Waals surface area contributed by atoms with Crippen LogP contribution in [-0.4, -0.2) is 56.7 Å². The number of halogens is 2. The predicted molar refractivity (Wildman–Crippen MR) is 137 cm³/mol. The van der Waals surface area contributed by atoms with E-state index in [2.05, 4.69) is 5.32 Å². The molecular formula is C28H32ClFN2O5. The second-order valence-electron chi connectivity index (χ2n) is 10.3. The molecule has 3 fully saturated rings. The van der Waals surface area contributed by atoms with Crippen LogP contribution in [0.2, 0.25) is 5.02 Å². The maximum atomic E-state index is 14.6. The lowest BCUT2D eigenvalue weighted by atomic mass is 9.92. The average molecular weight is 531 g/mol. The van der Waals surface area contributed by atoms with Gasteiger partial charge in [0.25, 0.3) is 5.91 Å². The normalized spacial score (nSPS) is 19.9. The van der Waals surface area contributed by atoms with Gasteiger partial charge in [-0.3, -0.25) is 9.59 Å². The van der Waals surface area contributed by atoms with Crippen LogP contribution in [0.3, 0.4) is 0 Å². The molecule has 2 saturated carbocycles. The van der Waals surface area contributed by atoms with E-state index in [9.17, 15) is 14.0 Å². The van der Waals surface area contributed by atoms with Crippen molar-refractivity contribution < 1.29 is 28.2 Å². The molecule has 1 atom stereocenters. The van der Waals surface area contributed by atoms with E-state index in [-0.39, 0.29) is 46.0 Å². The van der Waals surface area contributed by atoms with Gasteiger partial charge >= 0.3 is 0 Å². The second kappa shape index (κ2) is 10.4. The lowest BCUT2D eigenvalue weighted by Gasteiger charge is -2.33. The fourth-order valence-corrected chi connectivity index (χ4v) is 5.34. The molecule has 7 nitrogen and oxygen atoms in total. The van der Waals surface area contributed by atoms with E-state index in [1.165, 1.54) is 26.0 Å². The molecule has 9 heteroatoms. The van der Waals surface area contributed by atoms with Crippen LogP contribution in [0.4, 0.5) is 4.39 Å². The smallest absolute Gasteiger partial charge is 0.251 e. The summed E-state index contributed by atoms with van der Waals surface area (Å²) in [6.45, 7) is 1.77. The third kappa shape index (κ3) is 5.49. The molecule has 2 amide bonds. The van der Waals surface area contributed by atoms with Gasteiger partial charge < -0.3 is 24.4 Å². The summed E-state index contributed by atoms with van der Waals surface area (Å²) in [5, 5.41) is 3.38. The van der Waals surface area contributed by atoms with Crippen LogP contribution in [0, 0.1) is 17.2 Å². The van der Waals surface area contributed by atoms with E-state index < -0.39 is 5.82 Å². The Labute approximate surface area is 221 Å². The molecule has 3 aliphatic rings. The van der Waals surface area contributed by atoms with Crippen LogP contribution < -0.4 is 19.5 Å². The number of rotatable bonds is 9. The zero-order chi connectivity index (χ0) is 26.2. The molecule has 1 N–H and O–H groups in total. The van der Waals surface area contributed by atoms with Gasteiger partial charge in [-0.05, 0) is 73.8 Å². The minimum absolute atomic E-state index is 0.00305. The van der Waals surface area contributed by atoms with Gasteiger partial charge in [0.1, 0.15) is 0 Å². The number of carbonyl (C=O) groups is 2. The van der Waals surface area contributed by atoms with Gasteiger partial charge in [-0.1, -0.05) is 11.6 Å².